The normalized spacial score (nSPS) is 13.7. The zero-order valence-electron chi connectivity index (χ0n) is 14.2. The number of nitrogens with one attached hydrogen (secondary N) is 1. The first-order valence-corrected chi connectivity index (χ1v) is 8.06. The van der Waals surface area contributed by atoms with Crippen LogP contribution in [0.25, 0.3) is 0 Å². The molecular formula is C19H20N2O4. The van der Waals surface area contributed by atoms with Gasteiger partial charge in [-0.3, -0.25) is 9.59 Å². The van der Waals surface area contributed by atoms with Crippen LogP contribution in [0.5, 0.6) is 11.5 Å². The highest BCUT2D eigenvalue weighted by Gasteiger charge is 2.22. The smallest absolute Gasteiger partial charge is 0.255 e. The third kappa shape index (κ3) is 3.57. The van der Waals surface area contributed by atoms with Crippen molar-refractivity contribution in [2.24, 2.45) is 0 Å². The van der Waals surface area contributed by atoms with Crippen molar-refractivity contribution in [3.05, 3.63) is 48.0 Å². The van der Waals surface area contributed by atoms with E-state index in [4.69, 9.17) is 9.47 Å². The Balaban J connectivity index is 1.81. The number of carbonyl (C=O) groups is 2. The van der Waals surface area contributed by atoms with E-state index < -0.39 is 0 Å². The average molecular weight is 340 g/mol. The lowest BCUT2D eigenvalue weighted by Crippen LogP contribution is -2.24. The molecule has 6 heteroatoms. The van der Waals surface area contributed by atoms with Crippen LogP contribution in [0, 0.1) is 0 Å². The van der Waals surface area contributed by atoms with Crippen molar-refractivity contribution in [2.75, 3.05) is 31.0 Å². The summed E-state index contributed by atoms with van der Waals surface area (Å²) in [5, 5.41) is 2.84. The maximum Gasteiger partial charge on any atom is 0.255 e. The second-order valence-electron chi connectivity index (χ2n) is 5.72. The Hall–Kier alpha value is -3.02. The van der Waals surface area contributed by atoms with Crippen molar-refractivity contribution in [3.63, 3.8) is 0 Å². The molecule has 0 radical (unpaired) electrons. The number of hydrogen-bond acceptors (Lipinski definition) is 4. The quantitative estimate of drug-likeness (QED) is 0.908. The van der Waals surface area contributed by atoms with Crippen molar-refractivity contribution in [3.8, 4) is 11.5 Å². The SMILES string of the molecule is COc1ccc(NC(=O)c2cccc(N3CCCC3=O)c2)c(OC)c1. The van der Waals surface area contributed by atoms with Crippen LogP contribution >= 0.6 is 0 Å². The Morgan fingerprint density at radius 1 is 1.12 bits per heavy atom. The molecular weight excluding hydrogens is 320 g/mol. The highest BCUT2D eigenvalue weighted by Crippen LogP contribution is 2.30. The van der Waals surface area contributed by atoms with Crippen LogP contribution in [0.2, 0.25) is 0 Å². The highest BCUT2D eigenvalue weighted by molar-refractivity contribution is 6.06. The van der Waals surface area contributed by atoms with Gasteiger partial charge in [0.2, 0.25) is 5.91 Å². The predicted molar refractivity (Wildman–Crippen MR) is 95.5 cm³/mol. The van der Waals surface area contributed by atoms with Gasteiger partial charge in [-0.05, 0) is 36.8 Å². The minimum atomic E-state index is -0.267. The van der Waals surface area contributed by atoms with Gasteiger partial charge < -0.3 is 19.7 Å². The molecule has 2 aromatic rings. The largest absolute Gasteiger partial charge is 0.497 e. The molecule has 6 nitrogen and oxygen atoms in total. The fraction of sp³-hybridized carbons (Fsp3) is 0.263. The topological polar surface area (TPSA) is 67.9 Å². The Kier molecular flexibility index (Phi) is 4.88. The number of anilines is 2. The molecule has 0 aliphatic carbocycles. The second kappa shape index (κ2) is 7.25. The van der Waals surface area contributed by atoms with Gasteiger partial charge in [-0.15, -0.1) is 0 Å². The zero-order valence-corrected chi connectivity index (χ0v) is 14.2. The van der Waals surface area contributed by atoms with Crippen LogP contribution in [0.1, 0.15) is 23.2 Å². The second-order valence-corrected chi connectivity index (χ2v) is 5.72. The zero-order chi connectivity index (χ0) is 17.8. The van der Waals surface area contributed by atoms with Gasteiger partial charge in [0, 0.05) is 30.3 Å². The van der Waals surface area contributed by atoms with Crippen LogP contribution in [0.15, 0.2) is 42.5 Å². The maximum absolute atomic E-state index is 12.6. The van der Waals surface area contributed by atoms with Crippen LogP contribution in [-0.2, 0) is 4.79 Å². The molecule has 0 bridgehead atoms. The van der Waals surface area contributed by atoms with Gasteiger partial charge in [-0.2, -0.15) is 0 Å². The molecule has 0 spiro atoms. The monoisotopic (exact) mass is 340 g/mol. The molecule has 1 fully saturated rings. The number of benzene rings is 2. The van der Waals surface area contributed by atoms with Gasteiger partial charge in [0.15, 0.2) is 0 Å². The molecule has 1 N–H and O–H groups in total. The molecule has 1 aliphatic heterocycles. The summed E-state index contributed by atoms with van der Waals surface area (Å²) in [4.78, 5) is 26.2. The van der Waals surface area contributed by atoms with Crippen LogP contribution in [-0.4, -0.2) is 32.6 Å². The fourth-order valence-corrected chi connectivity index (χ4v) is 2.83. The summed E-state index contributed by atoms with van der Waals surface area (Å²) in [6.45, 7) is 0.691. The van der Waals surface area contributed by atoms with Gasteiger partial charge in [-0.1, -0.05) is 6.07 Å². The van der Waals surface area contributed by atoms with Crippen molar-refractivity contribution < 1.29 is 19.1 Å². The van der Waals surface area contributed by atoms with Crippen molar-refractivity contribution in [2.45, 2.75) is 12.8 Å². The van der Waals surface area contributed by atoms with E-state index in [1.807, 2.05) is 6.07 Å². The highest BCUT2D eigenvalue weighted by atomic mass is 16.5. The number of rotatable bonds is 5. The molecule has 1 aliphatic rings. The summed E-state index contributed by atoms with van der Waals surface area (Å²) in [5.41, 5.74) is 1.78. The van der Waals surface area contributed by atoms with E-state index in [-0.39, 0.29) is 11.8 Å². The predicted octanol–water partition coefficient (Wildman–Crippen LogP) is 3.08. The summed E-state index contributed by atoms with van der Waals surface area (Å²) < 4.78 is 10.4. The van der Waals surface area contributed by atoms with E-state index in [0.717, 1.165) is 12.1 Å². The molecule has 130 valence electrons. The van der Waals surface area contributed by atoms with Crippen molar-refractivity contribution in [1.82, 2.24) is 0 Å². The lowest BCUT2D eigenvalue weighted by molar-refractivity contribution is -0.117. The van der Waals surface area contributed by atoms with E-state index in [2.05, 4.69) is 5.32 Å². The molecule has 1 saturated heterocycles. The summed E-state index contributed by atoms with van der Waals surface area (Å²) >= 11 is 0. The molecule has 3 rings (SSSR count). The summed E-state index contributed by atoms with van der Waals surface area (Å²) in [6.07, 6.45) is 1.40. The maximum atomic E-state index is 12.6. The van der Waals surface area contributed by atoms with E-state index >= 15 is 0 Å². The summed E-state index contributed by atoms with van der Waals surface area (Å²) in [6, 6.07) is 12.2. The first-order chi connectivity index (χ1) is 12.1. The lowest BCUT2D eigenvalue weighted by atomic mass is 10.1. The van der Waals surface area contributed by atoms with Gasteiger partial charge in [0.1, 0.15) is 11.5 Å². The Morgan fingerprint density at radius 3 is 2.64 bits per heavy atom. The third-order valence-electron chi connectivity index (χ3n) is 4.15. The summed E-state index contributed by atoms with van der Waals surface area (Å²) in [5.74, 6) is 0.981. The molecule has 25 heavy (non-hydrogen) atoms. The number of ether oxygens (including phenoxy) is 2. The minimum absolute atomic E-state index is 0.0920. The van der Waals surface area contributed by atoms with E-state index in [1.54, 1.807) is 48.4 Å². The number of carbonyl (C=O) groups excluding carboxylic acids is 2. The molecule has 2 aromatic carbocycles. The fourth-order valence-electron chi connectivity index (χ4n) is 2.83. The molecule has 1 heterocycles. The first-order valence-electron chi connectivity index (χ1n) is 8.06. The van der Waals surface area contributed by atoms with Gasteiger partial charge >= 0.3 is 0 Å². The molecule has 2 amide bonds. The Bertz CT molecular complexity index is 804. The van der Waals surface area contributed by atoms with Crippen LogP contribution in [0.4, 0.5) is 11.4 Å². The van der Waals surface area contributed by atoms with Gasteiger partial charge in [0.05, 0.1) is 19.9 Å². The van der Waals surface area contributed by atoms with Crippen molar-refractivity contribution >= 4 is 23.2 Å². The number of hydrogen-bond donors (Lipinski definition) is 1. The molecule has 0 unspecified atom stereocenters. The van der Waals surface area contributed by atoms with Crippen LogP contribution in [0.3, 0.4) is 0 Å². The summed E-state index contributed by atoms with van der Waals surface area (Å²) in [7, 11) is 3.10. The minimum Gasteiger partial charge on any atom is -0.497 e. The van der Waals surface area contributed by atoms with E-state index in [0.29, 0.717) is 35.7 Å². The lowest BCUT2D eigenvalue weighted by Gasteiger charge is -2.17. The Labute approximate surface area is 146 Å². The molecule has 0 atom stereocenters. The van der Waals surface area contributed by atoms with Crippen molar-refractivity contribution in [1.29, 1.82) is 0 Å². The first kappa shape index (κ1) is 16.8. The molecule has 0 saturated carbocycles. The Morgan fingerprint density at radius 2 is 1.96 bits per heavy atom. The van der Waals surface area contributed by atoms with Crippen LogP contribution < -0.4 is 19.7 Å². The molecule has 0 aromatic heterocycles. The average Bonchev–Trinajstić information content (AvgIpc) is 3.08. The van der Waals surface area contributed by atoms with E-state index in [9.17, 15) is 9.59 Å². The number of nitrogens with zero attached hydrogens (tertiary/aromatic N) is 1. The van der Waals surface area contributed by atoms with E-state index in [1.165, 1.54) is 7.11 Å². The number of amides is 2. The third-order valence-corrected chi connectivity index (χ3v) is 4.15. The standard InChI is InChI=1S/C19H20N2O4/c1-24-15-8-9-16(17(12-15)25-2)20-19(23)13-5-3-6-14(11-13)21-10-4-7-18(21)22/h3,5-6,8-9,11-12H,4,7,10H2,1-2H3,(H,20,23). The van der Waals surface area contributed by atoms with Gasteiger partial charge in [-0.25, -0.2) is 0 Å². The van der Waals surface area contributed by atoms with Gasteiger partial charge in [0.25, 0.3) is 5.91 Å². The number of methoxy groups -OCH3 is 2.